The highest BCUT2D eigenvalue weighted by molar-refractivity contribution is 6.31. The Balaban J connectivity index is 2.30. The molecule has 0 aromatic heterocycles. The molecule has 0 aliphatic carbocycles. The van der Waals surface area contributed by atoms with Crippen molar-refractivity contribution in [3.05, 3.63) is 70.0 Å². The van der Waals surface area contributed by atoms with E-state index in [1.807, 2.05) is 18.2 Å². The molecule has 21 heavy (non-hydrogen) atoms. The van der Waals surface area contributed by atoms with Crippen LogP contribution in [0.2, 0.25) is 5.02 Å². The lowest BCUT2D eigenvalue weighted by Crippen LogP contribution is -2.25. The van der Waals surface area contributed by atoms with E-state index in [2.05, 4.69) is 31.3 Å². The van der Waals surface area contributed by atoms with Crippen molar-refractivity contribution < 1.29 is 4.39 Å². The molecule has 0 saturated heterocycles. The van der Waals surface area contributed by atoms with Crippen LogP contribution in [0.4, 0.5) is 4.39 Å². The average Bonchev–Trinajstić information content (AvgIpc) is 2.48. The smallest absolute Gasteiger partial charge is 0.142 e. The maximum Gasteiger partial charge on any atom is 0.142 e. The molecule has 0 saturated carbocycles. The van der Waals surface area contributed by atoms with Gasteiger partial charge < -0.3 is 5.32 Å². The second kappa shape index (κ2) is 7.58. The van der Waals surface area contributed by atoms with Gasteiger partial charge in [0, 0.05) is 6.04 Å². The lowest BCUT2D eigenvalue weighted by atomic mass is 9.96. The average molecular weight is 306 g/mol. The summed E-state index contributed by atoms with van der Waals surface area (Å²) in [6.07, 6.45) is 1.83. The third-order valence-corrected chi connectivity index (χ3v) is 4.08. The fourth-order valence-corrected chi connectivity index (χ4v) is 2.72. The number of rotatable bonds is 6. The molecule has 2 rings (SSSR count). The summed E-state index contributed by atoms with van der Waals surface area (Å²) in [6.45, 7) is 5.09. The van der Waals surface area contributed by atoms with Crippen LogP contribution in [0.25, 0.3) is 0 Å². The monoisotopic (exact) mass is 305 g/mol. The normalized spacial score (nSPS) is 12.4. The van der Waals surface area contributed by atoms with E-state index in [4.69, 9.17) is 11.6 Å². The van der Waals surface area contributed by atoms with Crippen LogP contribution in [-0.4, -0.2) is 6.54 Å². The van der Waals surface area contributed by atoms with Crippen LogP contribution < -0.4 is 5.32 Å². The van der Waals surface area contributed by atoms with Crippen molar-refractivity contribution >= 4 is 11.6 Å². The van der Waals surface area contributed by atoms with Gasteiger partial charge in [0.1, 0.15) is 5.82 Å². The van der Waals surface area contributed by atoms with E-state index in [9.17, 15) is 4.39 Å². The topological polar surface area (TPSA) is 12.0 Å². The third kappa shape index (κ3) is 4.05. The van der Waals surface area contributed by atoms with Crippen molar-refractivity contribution in [1.82, 2.24) is 5.32 Å². The van der Waals surface area contributed by atoms with Crippen LogP contribution in [0.5, 0.6) is 0 Å². The molecular weight excluding hydrogens is 285 g/mol. The summed E-state index contributed by atoms with van der Waals surface area (Å²) in [4.78, 5) is 0. The van der Waals surface area contributed by atoms with Gasteiger partial charge in [-0.05, 0) is 49.1 Å². The molecule has 1 N–H and O–H groups in total. The van der Waals surface area contributed by atoms with Crippen molar-refractivity contribution in [2.45, 2.75) is 32.7 Å². The molecule has 0 radical (unpaired) electrons. The first-order chi connectivity index (χ1) is 10.1. The predicted octanol–water partition coefficient (Wildman–Crippen LogP) is 5.07. The van der Waals surface area contributed by atoms with E-state index in [1.54, 1.807) is 6.07 Å². The van der Waals surface area contributed by atoms with Crippen molar-refractivity contribution in [2.24, 2.45) is 0 Å². The van der Waals surface area contributed by atoms with E-state index in [-0.39, 0.29) is 16.9 Å². The maximum atomic E-state index is 13.7. The summed E-state index contributed by atoms with van der Waals surface area (Å²) in [5, 5.41) is 3.70. The Morgan fingerprint density at radius 1 is 1.14 bits per heavy atom. The summed E-state index contributed by atoms with van der Waals surface area (Å²) in [7, 11) is 0. The van der Waals surface area contributed by atoms with Gasteiger partial charge in [0.25, 0.3) is 0 Å². The summed E-state index contributed by atoms with van der Waals surface area (Å²) < 4.78 is 13.7. The summed E-state index contributed by atoms with van der Waals surface area (Å²) in [6, 6.07) is 13.3. The van der Waals surface area contributed by atoms with Crippen molar-refractivity contribution in [3.8, 4) is 0 Å². The van der Waals surface area contributed by atoms with Crippen molar-refractivity contribution in [3.63, 3.8) is 0 Å². The molecule has 2 aromatic rings. The van der Waals surface area contributed by atoms with Crippen LogP contribution in [0.3, 0.4) is 0 Å². The second-order valence-corrected chi connectivity index (χ2v) is 5.66. The Kier molecular flexibility index (Phi) is 5.77. The Hall–Kier alpha value is -1.38. The highest BCUT2D eigenvalue weighted by atomic mass is 35.5. The van der Waals surface area contributed by atoms with Crippen LogP contribution in [0.1, 0.15) is 36.1 Å². The largest absolute Gasteiger partial charge is 0.310 e. The van der Waals surface area contributed by atoms with Crippen LogP contribution in [0, 0.1) is 12.7 Å². The number of hydrogen-bond donors (Lipinski definition) is 1. The van der Waals surface area contributed by atoms with Crippen LogP contribution in [-0.2, 0) is 6.42 Å². The zero-order chi connectivity index (χ0) is 15.2. The van der Waals surface area contributed by atoms with Crippen LogP contribution >= 0.6 is 11.6 Å². The lowest BCUT2D eigenvalue weighted by Gasteiger charge is -2.21. The van der Waals surface area contributed by atoms with E-state index >= 15 is 0 Å². The first-order valence-corrected chi connectivity index (χ1v) is 7.73. The minimum absolute atomic E-state index is 0.0225. The minimum Gasteiger partial charge on any atom is -0.310 e. The molecule has 1 atom stereocenters. The Morgan fingerprint density at radius 2 is 1.90 bits per heavy atom. The van der Waals surface area contributed by atoms with Gasteiger partial charge in [-0.2, -0.15) is 0 Å². The number of aryl methyl sites for hydroxylation is 1. The van der Waals surface area contributed by atoms with Gasteiger partial charge >= 0.3 is 0 Å². The van der Waals surface area contributed by atoms with Gasteiger partial charge in [-0.15, -0.1) is 0 Å². The number of nitrogens with one attached hydrogen (secondary N) is 1. The molecule has 0 aliphatic rings. The number of benzene rings is 2. The standard InChI is InChI=1S/C18H21ClFN/c1-3-11-21-17(12-14-8-5-4-7-13(14)2)15-9-6-10-16(20)18(15)19/h4-10,17,21H,3,11-12H2,1-2H3. The molecule has 3 heteroatoms. The minimum atomic E-state index is -0.359. The molecule has 1 unspecified atom stereocenters. The fraction of sp³-hybridized carbons (Fsp3) is 0.333. The molecule has 0 aliphatic heterocycles. The molecule has 2 aromatic carbocycles. The lowest BCUT2D eigenvalue weighted by molar-refractivity contribution is 0.523. The van der Waals surface area contributed by atoms with Gasteiger partial charge in [0.15, 0.2) is 0 Å². The second-order valence-electron chi connectivity index (χ2n) is 5.28. The SMILES string of the molecule is CCCNC(Cc1ccccc1C)c1cccc(F)c1Cl. The maximum absolute atomic E-state index is 13.7. The first-order valence-electron chi connectivity index (χ1n) is 7.35. The Labute approximate surface area is 131 Å². The summed E-state index contributed by atoms with van der Waals surface area (Å²) >= 11 is 6.16. The van der Waals surface area contributed by atoms with Gasteiger partial charge in [-0.3, -0.25) is 0 Å². The molecule has 0 fully saturated rings. The zero-order valence-electron chi connectivity index (χ0n) is 12.5. The summed E-state index contributed by atoms with van der Waals surface area (Å²) in [5.74, 6) is -0.359. The van der Waals surface area contributed by atoms with E-state index in [0.717, 1.165) is 24.9 Å². The van der Waals surface area contributed by atoms with Crippen LogP contribution in [0.15, 0.2) is 42.5 Å². The third-order valence-electron chi connectivity index (χ3n) is 3.68. The van der Waals surface area contributed by atoms with Gasteiger partial charge in [0.05, 0.1) is 5.02 Å². The molecule has 0 amide bonds. The quantitative estimate of drug-likeness (QED) is 0.785. The number of hydrogen-bond acceptors (Lipinski definition) is 1. The number of halogens is 2. The first kappa shape index (κ1) is 16.0. The molecular formula is C18H21ClFN. The predicted molar refractivity (Wildman–Crippen MR) is 87.3 cm³/mol. The zero-order valence-corrected chi connectivity index (χ0v) is 13.3. The molecule has 0 spiro atoms. The van der Waals surface area contributed by atoms with Crippen molar-refractivity contribution in [1.29, 1.82) is 0 Å². The molecule has 0 heterocycles. The fourth-order valence-electron chi connectivity index (χ4n) is 2.46. The Morgan fingerprint density at radius 3 is 2.62 bits per heavy atom. The van der Waals surface area contributed by atoms with E-state index in [1.165, 1.54) is 17.2 Å². The van der Waals surface area contributed by atoms with Gasteiger partial charge in [0.2, 0.25) is 0 Å². The molecule has 112 valence electrons. The molecule has 0 bridgehead atoms. The van der Waals surface area contributed by atoms with E-state index in [0.29, 0.717) is 0 Å². The Bertz CT molecular complexity index is 598. The van der Waals surface area contributed by atoms with E-state index < -0.39 is 0 Å². The van der Waals surface area contributed by atoms with Gasteiger partial charge in [-0.25, -0.2) is 4.39 Å². The van der Waals surface area contributed by atoms with Gasteiger partial charge in [-0.1, -0.05) is 54.9 Å². The summed E-state index contributed by atoms with van der Waals surface area (Å²) in [5.41, 5.74) is 3.33. The van der Waals surface area contributed by atoms with Crippen molar-refractivity contribution in [2.75, 3.05) is 6.54 Å². The molecule has 1 nitrogen and oxygen atoms in total. The highest BCUT2D eigenvalue weighted by Gasteiger charge is 2.17. The highest BCUT2D eigenvalue weighted by Crippen LogP contribution is 2.28.